The summed E-state index contributed by atoms with van der Waals surface area (Å²) in [5.41, 5.74) is 0.283. The van der Waals surface area contributed by atoms with Crippen LogP contribution in [0, 0.1) is 11.3 Å². The van der Waals surface area contributed by atoms with Crippen LogP contribution in [0.5, 0.6) is 0 Å². The summed E-state index contributed by atoms with van der Waals surface area (Å²) in [4.78, 5) is 13.9. The molecule has 0 spiro atoms. The van der Waals surface area contributed by atoms with Gasteiger partial charge in [-0.25, -0.2) is 13.2 Å². The molecule has 6 heteroatoms. The minimum atomic E-state index is -2.82. The third-order valence-corrected chi connectivity index (χ3v) is 6.88. The molecule has 0 radical (unpaired) electrons. The van der Waals surface area contributed by atoms with Crippen LogP contribution in [0.15, 0.2) is 0 Å². The first-order valence-electron chi connectivity index (χ1n) is 7.45. The summed E-state index contributed by atoms with van der Waals surface area (Å²) in [5.74, 6) is 0.818. The van der Waals surface area contributed by atoms with Crippen molar-refractivity contribution < 1.29 is 13.2 Å². The fraction of sp³-hybridized carbons (Fsp3) is 0.929. The van der Waals surface area contributed by atoms with Crippen molar-refractivity contribution in [2.75, 3.05) is 25.1 Å². The maximum Gasteiger partial charge on any atom is 0.317 e. The lowest BCUT2D eigenvalue weighted by Gasteiger charge is -2.31. The molecular formula is C14H26N2O3S. The molecule has 2 rings (SSSR count). The Morgan fingerprint density at radius 3 is 2.40 bits per heavy atom. The van der Waals surface area contributed by atoms with Crippen LogP contribution < -0.4 is 5.32 Å². The number of urea groups is 1. The molecule has 0 bridgehead atoms. The van der Waals surface area contributed by atoms with E-state index in [4.69, 9.17) is 0 Å². The van der Waals surface area contributed by atoms with Crippen LogP contribution >= 0.6 is 0 Å². The molecule has 1 aliphatic carbocycles. The fourth-order valence-electron chi connectivity index (χ4n) is 2.76. The molecule has 1 aliphatic heterocycles. The van der Waals surface area contributed by atoms with Gasteiger partial charge in [-0.2, -0.15) is 0 Å². The van der Waals surface area contributed by atoms with Gasteiger partial charge in [0.1, 0.15) is 9.84 Å². The average molecular weight is 302 g/mol. The molecule has 2 fully saturated rings. The van der Waals surface area contributed by atoms with Gasteiger partial charge in [-0.1, -0.05) is 6.92 Å². The van der Waals surface area contributed by atoms with Gasteiger partial charge in [0, 0.05) is 19.6 Å². The van der Waals surface area contributed by atoms with Gasteiger partial charge < -0.3 is 10.2 Å². The van der Waals surface area contributed by atoms with Crippen LogP contribution in [0.25, 0.3) is 0 Å². The van der Waals surface area contributed by atoms with Crippen molar-refractivity contribution in [2.24, 2.45) is 11.3 Å². The highest BCUT2D eigenvalue weighted by molar-refractivity contribution is 7.91. The van der Waals surface area contributed by atoms with Gasteiger partial charge in [0.2, 0.25) is 0 Å². The Hall–Kier alpha value is -0.780. The molecule has 0 aromatic heterocycles. The number of nitrogens with one attached hydrogen (secondary N) is 1. The van der Waals surface area contributed by atoms with Gasteiger partial charge in [0.05, 0.1) is 11.5 Å². The van der Waals surface area contributed by atoms with Crippen LogP contribution in [0.2, 0.25) is 0 Å². The predicted octanol–water partition coefficient (Wildman–Crippen LogP) is 1.64. The van der Waals surface area contributed by atoms with E-state index < -0.39 is 9.84 Å². The fourth-order valence-corrected chi connectivity index (χ4v) is 4.35. The van der Waals surface area contributed by atoms with Crippen molar-refractivity contribution in [2.45, 2.75) is 45.6 Å². The molecule has 20 heavy (non-hydrogen) atoms. The third kappa shape index (κ3) is 3.65. The monoisotopic (exact) mass is 302 g/mol. The average Bonchev–Trinajstić information content (AvgIpc) is 3.14. The smallest absolute Gasteiger partial charge is 0.317 e. The second kappa shape index (κ2) is 5.54. The lowest BCUT2D eigenvalue weighted by Crippen LogP contribution is -2.47. The largest absolute Gasteiger partial charge is 0.338 e. The molecule has 1 saturated heterocycles. The van der Waals surface area contributed by atoms with Crippen molar-refractivity contribution in [1.29, 1.82) is 0 Å². The number of carbonyl (C=O) groups is 1. The number of rotatable bonds is 4. The van der Waals surface area contributed by atoms with Crippen molar-refractivity contribution in [3.63, 3.8) is 0 Å². The Balaban J connectivity index is 1.75. The molecule has 116 valence electrons. The summed E-state index contributed by atoms with van der Waals surface area (Å²) in [6.45, 7) is 4.90. The Morgan fingerprint density at radius 2 is 1.90 bits per heavy atom. The van der Waals surface area contributed by atoms with Gasteiger partial charge >= 0.3 is 6.03 Å². The zero-order chi connectivity index (χ0) is 15.0. The number of nitrogens with zero attached hydrogens (tertiary/aromatic N) is 1. The van der Waals surface area contributed by atoms with Crippen molar-refractivity contribution in [3.05, 3.63) is 0 Å². The molecule has 1 N–H and O–H groups in total. The normalized spacial score (nSPS) is 25.8. The number of sulfone groups is 1. The van der Waals surface area contributed by atoms with E-state index in [1.165, 1.54) is 12.8 Å². The number of amides is 2. The standard InChI is InChI=1S/C14H26N2O3S/c1-11(14(2)6-7-14)16(3)13(17)15-10-12-4-8-20(18,19)9-5-12/h11-12H,4-10H2,1-3H3,(H,15,17)/t11-/m0/s1. The van der Waals surface area contributed by atoms with Crippen LogP contribution in [-0.2, 0) is 9.84 Å². The van der Waals surface area contributed by atoms with Crippen LogP contribution in [-0.4, -0.2) is 50.5 Å². The van der Waals surface area contributed by atoms with E-state index in [0.29, 0.717) is 25.3 Å². The van der Waals surface area contributed by atoms with E-state index in [1.54, 1.807) is 4.90 Å². The molecule has 0 unspecified atom stereocenters. The second-order valence-electron chi connectivity index (χ2n) is 6.72. The summed E-state index contributed by atoms with van der Waals surface area (Å²) in [6.07, 6.45) is 3.71. The maximum absolute atomic E-state index is 12.1. The SMILES string of the molecule is C[C@H](N(C)C(=O)NCC1CCS(=O)(=O)CC1)C1(C)CC1. The molecule has 2 amide bonds. The van der Waals surface area contributed by atoms with E-state index in [-0.39, 0.29) is 29.0 Å². The summed E-state index contributed by atoms with van der Waals surface area (Å²) < 4.78 is 22.7. The summed E-state index contributed by atoms with van der Waals surface area (Å²) in [7, 11) is -0.976. The van der Waals surface area contributed by atoms with Crippen LogP contribution in [0.3, 0.4) is 0 Å². The van der Waals surface area contributed by atoms with Crippen molar-refractivity contribution >= 4 is 15.9 Å². The first-order chi connectivity index (χ1) is 9.23. The highest BCUT2D eigenvalue weighted by atomic mass is 32.2. The molecule has 0 aromatic rings. The molecule has 1 heterocycles. The van der Waals surface area contributed by atoms with E-state index in [9.17, 15) is 13.2 Å². The highest BCUT2D eigenvalue weighted by Gasteiger charge is 2.45. The first kappa shape index (κ1) is 15.6. The van der Waals surface area contributed by atoms with Crippen molar-refractivity contribution in [1.82, 2.24) is 10.2 Å². The lowest BCUT2D eigenvalue weighted by molar-refractivity contribution is 0.169. The lowest BCUT2D eigenvalue weighted by atomic mass is 10.00. The molecular weight excluding hydrogens is 276 g/mol. The van der Waals surface area contributed by atoms with Gasteiger partial charge in [-0.3, -0.25) is 0 Å². The zero-order valence-electron chi connectivity index (χ0n) is 12.7. The second-order valence-corrected chi connectivity index (χ2v) is 9.03. The topological polar surface area (TPSA) is 66.5 Å². The van der Waals surface area contributed by atoms with Crippen LogP contribution in [0.4, 0.5) is 4.79 Å². The Kier molecular flexibility index (Phi) is 4.33. The molecule has 5 nitrogen and oxygen atoms in total. The minimum Gasteiger partial charge on any atom is -0.338 e. The van der Waals surface area contributed by atoms with E-state index in [0.717, 1.165) is 0 Å². The molecule has 2 aliphatic rings. The highest BCUT2D eigenvalue weighted by Crippen LogP contribution is 2.49. The van der Waals surface area contributed by atoms with E-state index >= 15 is 0 Å². The summed E-state index contributed by atoms with van der Waals surface area (Å²) >= 11 is 0. The minimum absolute atomic E-state index is 0.0425. The molecule has 1 saturated carbocycles. The van der Waals surface area contributed by atoms with Crippen molar-refractivity contribution in [3.8, 4) is 0 Å². The van der Waals surface area contributed by atoms with Gasteiger partial charge in [-0.05, 0) is 43.9 Å². The van der Waals surface area contributed by atoms with E-state index in [2.05, 4.69) is 19.2 Å². The van der Waals surface area contributed by atoms with Gasteiger partial charge in [-0.15, -0.1) is 0 Å². The number of hydrogen-bond acceptors (Lipinski definition) is 3. The Morgan fingerprint density at radius 1 is 1.35 bits per heavy atom. The molecule has 0 aromatic carbocycles. The van der Waals surface area contributed by atoms with E-state index in [1.807, 2.05) is 7.05 Å². The van der Waals surface area contributed by atoms with Gasteiger partial charge in [0.15, 0.2) is 0 Å². The number of carbonyl (C=O) groups excluding carboxylic acids is 1. The first-order valence-corrected chi connectivity index (χ1v) is 9.27. The Labute approximate surface area is 122 Å². The summed E-state index contributed by atoms with van der Waals surface area (Å²) in [5, 5.41) is 2.95. The zero-order valence-corrected chi connectivity index (χ0v) is 13.5. The molecule has 1 atom stereocenters. The Bertz CT molecular complexity index is 457. The summed E-state index contributed by atoms with van der Waals surface area (Å²) in [6, 6.07) is 0.202. The number of hydrogen-bond donors (Lipinski definition) is 1. The van der Waals surface area contributed by atoms with Crippen LogP contribution in [0.1, 0.15) is 39.5 Å². The third-order valence-electron chi connectivity index (χ3n) is 5.16. The predicted molar refractivity (Wildman–Crippen MR) is 79.3 cm³/mol. The quantitative estimate of drug-likeness (QED) is 0.858. The van der Waals surface area contributed by atoms with Gasteiger partial charge in [0.25, 0.3) is 0 Å². The maximum atomic E-state index is 12.1.